The van der Waals surface area contributed by atoms with E-state index in [4.69, 9.17) is 4.74 Å². The summed E-state index contributed by atoms with van der Waals surface area (Å²) in [5, 5.41) is 24.3. The minimum Gasteiger partial charge on any atom is -0.465 e. The van der Waals surface area contributed by atoms with Crippen molar-refractivity contribution in [1.29, 1.82) is 0 Å². The van der Waals surface area contributed by atoms with Gasteiger partial charge >= 0.3 is 18.7 Å². The molecule has 312 valence electrons. The standard InChI is InChI=1S/C24H21F3N2O5.C16H14F3IN2O3/c1-33-23(32)15-7-5-14(6-8-15)21-19(16-3-2-4-18(11-16)34-24(25,26)27)12-20-22(31)28-13-17(9-10-30)29(20)21;17-16(18,19)25-11-3-1-2-9(6-11)12-7-13-15(24)21-8-10(4-5-23)22(13)14(12)20/h2-8,11-12,17,30H,9-10,13H2,1H3,(H,28,31);1-3,6-7,10,23H,4-5,8H2,(H,21,24). The molecule has 12 nitrogen and oxygen atoms in total. The Morgan fingerprint density at radius 2 is 1.19 bits per heavy atom. The van der Waals surface area contributed by atoms with Gasteiger partial charge in [0, 0.05) is 37.4 Å². The molecule has 2 aliphatic heterocycles. The summed E-state index contributed by atoms with van der Waals surface area (Å²) in [5.74, 6) is -1.81. The van der Waals surface area contributed by atoms with Crippen molar-refractivity contribution in [3.05, 3.63) is 106 Å². The smallest absolute Gasteiger partial charge is 0.465 e. The van der Waals surface area contributed by atoms with Crippen molar-refractivity contribution in [3.8, 4) is 45.0 Å². The average Bonchev–Trinajstić information content (AvgIpc) is 3.76. The monoisotopic (exact) mass is 940 g/mol. The fourth-order valence-corrected chi connectivity index (χ4v) is 8.10. The number of ether oxygens (including phenoxy) is 3. The molecule has 4 heterocycles. The third-order valence-electron chi connectivity index (χ3n) is 9.46. The molecule has 0 fully saturated rings. The number of carbonyl (C=O) groups is 3. The van der Waals surface area contributed by atoms with Crippen molar-refractivity contribution >= 4 is 40.4 Å². The van der Waals surface area contributed by atoms with E-state index in [0.717, 1.165) is 3.70 Å². The lowest BCUT2D eigenvalue weighted by atomic mass is 9.99. The number of hydrogen-bond acceptors (Lipinski definition) is 8. The number of aliphatic hydroxyl groups excluding tert-OH is 2. The summed E-state index contributed by atoms with van der Waals surface area (Å²) in [5.41, 5.74) is 4.34. The third kappa shape index (κ3) is 9.85. The van der Waals surface area contributed by atoms with Gasteiger partial charge < -0.3 is 44.2 Å². The second kappa shape index (κ2) is 17.8. The van der Waals surface area contributed by atoms with Gasteiger partial charge in [-0.3, -0.25) is 9.59 Å². The van der Waals surface area contributed by atoms with Crippen LogP contribution >= 0.6 is 22.6 Å². The molecule has 2 aromatic heterocycles. The fraction of sp³-hybridized carbons (Fsp3) is 0.275. The summed E-state index contributed by atoms with van der Waals surface area (Å²) in [7, 11) is 1.27. The number of aromatic nitrogens is 2. The van der Waals surface area contributed by atoms with Crippen molar-refractivity contribution in [1.82, 2.24) is 19.8 Å². The molecule has 7 rings (SSSR count). The van der Waals surface area contributed by atoms with Gasteiger partial charge in [-0.2, -0.15) is 0 Å². The van der Waals surface area contributed by atoms with Crippen molar-refractivity contribution < 1.29 is 65.1 Å². The van der Waals surface area contributed by atoms with E-state index in [1.807, 2.05) is 4.57 Å². The zero-order valence-corrected chi connectivity index (χ0v) is 33.0. The molecule has 0 radical (unpaired) electrons. The molecule has 4 N–H and O–H groups in total. The van der Waals surface area contributed by atoms with Crippen LogP contribution in [0.4, 0.5) is 26.3 Å². The van der Waals surface area contributed by atoms with Crippen molar-refractivity contribution in [3.63, 3.8) is 0 Å². The van der Waals surface area contributed by atoms with Crippen LogP contribution in [0.15, 0.2) is 84.9 Å². The third-order valence-corrected chi connectivity index (χ3v) is 10.6. The number of halogens is 7. The van der Waals surface area contributed by atoms with Crippen LogP contribution in [0.3, 0.4) is 0 Å². The summed E-state index contributed by atoms with van der Waals surface area (Å²) in [4.78, 5) is 36.6. The Balaban J connectivity index is 0.000000208. The molecule has 3 aromatic carbocycles. The number of rotatable bonds is 10. The van der Waals surface area contributed by atoms with Gasteiger partial charge in [0.1, 0.15) is 22.9 Å². The molecule has 0 saturated carbocycles. The molecular formula is C40H35F6IN4O8. The normalized spacial score (nSPS) is 16.2. The van der Waals surface area contributed by atoms with Gasteiger partial charge in [-0.15, -0.1) is 26.3 Å². The maximum absolute atomic E-state index is 12.8. The lowest BCUT2D eigenvalue weighted by Gasteiger charge is -2.28. The van der Waals surface area contributed by atoms with E-state index in [2.05, 4.69) is 42.7 Å². The summed E-state index contributed by atoms with van der Waals surface area (Å²) in [6, 6.07) is 20.5. The first kappa shape index (κ1) is 43.0. The molecule has 2 aliphatic rings. The highest BCUT2D eigenvalue weighted by atomic mass is 127. The van der Waals surface area contributed by atoms with E-state index in [1.165, 1.54) is 43.5 Å². The molecular weight excluding hydrogens is 905 g/mol. The highest BCUT2D eigenvalue weighted by Crippen LogP contribution is 2.41. The number of benzene rings is 3. The molecule has 5 aromatic rings. The van der Waals surface area contributed by atoms with E-state index in [1.54, 1.807) is 53.1 Å². The van der Waals surface area contributed by atoms with Crippen LogP contribution < -0.4 is 20.1 Å². The summed E-state index contributed by atoms with van der Waals surface area (Å²) >= 11 is 2.07. The van der Waals surface area contributed by atoms with Gasteiger partial charge in [-0.1, -0.05) is 36.4 Å². The van der Waals surface area contributed by atoms with Gasteiger partial charge in [0.05, 0.1) is 34.2 Å². The molecule has 2 atom stereocenters. The predicted octanol–water partition coefficient (Wildman–Crippen LogP) is 7.50. The molecule has 0 spiro atoms. The highest BCUT2D eigenvalue weighted by Gasteiger charge is 2.34. The van der Waals surface area contributed by atoms with Crippen LogP contribution in [0.25, 0.3) is 33.5 Å². The second-order valence-electron chi connectivity index (χ2n) is 13.2. The van der Waals surface area contributed by atoms with Crippen LogP contribution in [0, 0.1) is 3.70 Å². The van der Waals surface area contributed by atoms with Gasteiger partial charge in [-0.25, -0.2) is 4.79 Å². The number of nitrogens with one attached hydrogen (secondary N) is 2. The molecule has 0 saturated heterocycles. The number of nitrogens with zero attached hydrogens (tertiary/aromatic N) is 2. The maximum atomic E-state index is 12.8. The molecule has 19 heteroatoms. The Hall–Kier alpha value is -5.54. The SMILES string of the molecule is COC(=O)c1ccc(-c2c(-c3cccc(OC(F)(F)F)c3)cc3n2C(CCO)CNC3=O)cc1.O=C1NCC(CCO)n2c1cc(-c1cccc(OC(F)(F)F)c1)c2I. The minimum atomic E-state index is -4.85. The van der Waals surface area contributed by atoms with E-state index in [9.17, 15) is 50.9 Å². The number of fused-ring (bicyclic) bond motifs is 2. The van der Waals surface area contributed by atoms with Gasteiger partial charge in [0.2, 0.25) is 0 Å². The second-order valence-corrected chi connectivity index (χ2v) is 14.3. The Morgan fingerprint density at radius 3 is 1.68 bits per heavy atom. The van der Waals surface area contributed by atoms with E-state index < -0.39 is 24.4 Å². The molecule has 2 amide bonds. The fourth-order valence-electron chi connectivity index (χ4n) is 6.98. The van der Waals surface area contributed by atoms with E-state index >= 15 is 0 Å². The molecule has 0 bridgehead atoms. The highest BCUT2D eigenvalue weighted by molar-refractivity contribution is 14.1. The zero-order chi connectivity index (χ0) is 42.6. The van der Waals surface area contributed by atoms with Crippen LogP contribution in [0.2, 0.25) is 0 Å². The number of esters is 1. The Labute approximate surface area is 345 Å². The lowest BCUT2D eigenvalue weighted by molar-refractivity contribution is -0.275. The first-order valence-corrected chi connectivity index (χ1v) is 18.9. The van der Waals surface area contributed by atoms with Gasteiger partial charge in [0.15, 0.2) is 0 Å². The van der Waals surface area contributed by atoms with Gasteiger partial charge in [0.25, 0.3) is 11.8 Å². The van der Waals surface area contributed by atoms with Crippen LogP contribution in [-0.4, -0.2) is 83.3 Å². The number of amides is 2. The number of methoxy groups -OCH3 is 1. The van der Waals surface area contributed by atoms with E-state index in [0.29, 0.717) is 69.8 Å². The van der Waals surface area contributed by atoms with Crippen molar-refractivity contribution in [2.24, 2.45) is 0 Å². The number of carbonyl (C=O) groups excluding carboxylic acids is 3. The lowest BCUT2D eigenvalue weighted by Crippen LogP contribution is -2.39. The average molecular weight is 941 g/mol. The first-order chi connectivity index (χ1) is 28.0. The zero-order valence-electron chi connectivity index (χ0n) is 30.9. The Bertz CT molecular complexity index is 2340. The van der Waals surface area contributed by atoms with Crippen LogP contribution in [0.5, 0.6) is 11.5 Å². The molecule has 0 aliphatic carbocycles. The maximum Gasteiger partial charge on any atom is 0.573 e. The quantitative estimate of drug-likeness (QED) is 0.0639. The summed E-state index contributed by atoms with van der Waals surface area (Å²) < 4.78 is 92.7. The van der Waals surface area contributed by atoms with Gasteiger partial charge in [-0.05, 0) is 101 Å². The Morgan fingerprint density at radius 1 is 0.712 bits per heavy atom. The molecule has 59 heavy (non-hydrogen) atoms. The number of aliphatic hydroxyl groups is 2. The van der Waals surface area contributed by atoms with Crippen LogP contribution in [-0.2, 0) is 4.74 Å². The number of hydrogen-bond donors (Lipinski definition) is 4. The number of alkyl halides is 6. The van der Waals surface area contributed by atoms with Crippen molar-refractivity contribution in [2.75, 3.05) is 33.4 Å². The van der Waals surface area contributed by atoms with E-state index in [-0.39, 0.29) is 49.4 Å². The summed E-state index contributed by atoms with van der Waals surface area (Å²) in [6.45, 7) is 0.528. The first-order valence-electron chi connectivity index (χ1n) is 17.9. The predicted molar refractivity (Wildman–Crippen MR) is 209 cm³/mol. The summed E-state index contributed by atoms with van der Waals surface area (Å²) in [6.07, 6.45) is -8.80. The minimum absolute atomic E-state index is 0.0293. The van der Waals surface area contributed by atoms with Crippen molar-refractivity contribution in [2.45, 2.75) is 37.7 Å². The van der Waals surface area contributed by atoms with Crippen LogP contribution in [0.1, 0.15) is 56.3 Å². The topological polar surface area (TPSA) is 153 Å². The largest absolute Gasteiger partial charge is 0.573 e. The molecule has 2 unspecified atom stereocenters. The Kier molecular flexibility index (Phi) is 13.0.